The van der Waals surface area contributed by atoms with E-state index in [4.69, 9.17) is 5.73 Å². The van der Waals surface area contributed by atoms with Crippen LogP contribution in [0.3, 0.4) is 0 Å². The predicted molar refractivity (Wildman–Crippen MR) is 65.7 cm³/mol. The number of hydrogen-bond acceptors (Lipinski definition) is 4. The molecular weight excluding hydrogens is 262 g/mol. The molecule has 1 fully saturated rings. The van der Waals surface area contributed by atoms with Gasteiger partial charge in [-0.15, -0.1) is 0 Å². The van der Waals surface area contributed by atoms with E-state index in [1.807, 2.05) is 11.8 Å². The lowest BCUT2D eigenvalue weighted by atomic mass is 10.2. The van der Waals surface area contributed by atoms with Crippen LogP contribution in [0.1, 0.15) is 6.42 Å². The number of hydrogen-bond donors (Lipinski definition) is 2. The standard InChI is InChI=1S/C9H12BrN3S/c10-7-3-12-4-8(11)9(7)13-6-1-2-14-5-6/h3-4,6H,1-2,5,11H2,(H,12,13). The van der Waals surface area contributed by atoms with E-state index >= 15 is 0 Å². The Kier molecular flexibility index (Phi) is 3.18. The minimum Gasteiger partial charge on any atom is -0.396 e. The van der Waals surface area contributed by atoms with Crippen LogP contribution in [0.25, 0.3) is 0 Å². The van der Waals surface area contributed by atoms with Gasteiger partial charge in [0.1, 0.15) is 0 Å². The summed E-state index contributed by atoms with van der Waals surface area (Å²) >= 11 is 5.42. The predicted octanol–water partition coefficient (Wildman–Crippen LogP) is 2.34. The van der Waals surface area contributed by atoms with Gasteiger partial charge < -0.3 is 11.1 Å². The van der Waals surface area contributed by atoms with E-state index in [2.05, 4.69) is 26.2 Å². The Hall–Kier alpha value is -0.420. The Labute approximate surface area is 96.0 Å². The van der Waals surface area contributed by atoms with Gasteiger partial charge in [-0.2, -0.15) is 11.8 Å². The third-order valence-electron chi connectivity index (χ3n) is 2.21. The number of halogens is 1. The third kappa shape index (κ3) is 2.15. The fourth-order valence-corrected chi connectivity index (χ4v) is 3.07. The van der Waals surface area contributed by atoms with E-state index in [0.717, 1.165) is 15.9 Å². The fourth-order valence-electron chi connectivity index (χ4n) is 1.45. The van der Waals surface area contributed by atoms with Crippen molar-refractivity contribution in [2.75, 3.05) is 22.6 Å². The Morgan fingerprint density at radius 2 is 2.43 bits per heavy atom. The summed E-state index contributed by atoms with van der Waals surface area (Å²) in [5.41, 5.74) is 7.52. The number of anilines is 2. The second-order valence-electron chi connectivity index (χ2n) is 3.29. The van der Waals surface area contributed by atoms with Crippen molar-refractivity contribution in [1.82, 2.24) is 4.98 Å². The molecule has 5 heteroatoms. The van der Waals surface area contributed by atoms with Crippen LogP contribution in [0, 0.1) is 0 Å². The van der Waals surface area contributed by atoms with Gasteiger partial charge in [-0.25, -0.2) is 0 Å². The van der Waals surface area contributed by atoms with Gasteiger partial charge in [0.2, 0.25) is 0 Å². The first-order chi connectivity index (χ1) is 6.77. The molecule has 76 valence electrons. The first-order valence-electron chi connectivity index (χ1n) is 4.50. The molecule has 2 heterocycles. The molecule has 0 spiro atoms. The largest absolute Gasteiger partial charge is 0.396 e. The number of aromatic nitrogens is 1. The van der Waals surface area contributed by atoms with Crippen LogP contribution in [-0.4, -0.2) is 22.5 Å². The van der Waals surface area contributed by atoms with E-state index in [-0.39, 0.29) is 0 Å². The number of nitrogens with zero attached hydrogens (tertiary/aromatic N) is 1. The van der Waals surface area contributed by atoms with Crippen molar-refractivity contribution in [3.8, 4) is 0 Å². The normalized spacial score (nSPS) is 21.1. The zero-order valence-electron chi connectivity index (χ0n) is 7.66. The van der Waals surface area contributed by atoms with Crippen molar-refractivity contribution in [1.29, 1.82) is 0 Å². The van der Waals surface area contributed by atoms with Crippen molar-refractivity contribution in [3.05, 3.63) is 16.9 Å². The molecule has 0 amide bonds. The van der Waals surface area contributed by atoms with Gasteiger partial charge in [0.15, 0.2) is 0 Å². The fraction of sp³-hybridized carbons (Fsp3) is 0.444. The Morgan fingerprint density at radius 3 is 3.07 bits per heavy atom. The average Bonchev–Trinajstić information content (AvgIpc) is 2.64. The van der Waals surface area contributed by atoms with Gasteiger partial charge in [-0.3, -0.25) is 4.98 Å². The zero-order chi connectivity index (χ0) is 9.97. The quantitative estimate of drug-likeness (QED) is 0.869. The summed E-state index contributed by atoms with van der Waals surface area (Å²) in [4.78, 5) is 4.00. The maximum absolute atomic E-state index is 5.84. The van der Waals surface area contributed by atoms with E-state index in [0.29, 0.717) is 11.7 Å². The Morgan fingerprint density at radius 1 is 1.57 bits per heavy atom. The highest BCUT2D eigenvalue weighted by atomic mass is 79.9. The minimum atomic E-state index is 0.543. The Balaban J connectivity index is 2.14. The average molecular weight is 274 g/mol. The molecule has 0 saturated carbocycles. The maximum Gasteiger partial charge on any atom is 0.0752 e. The van der Waals surface area contributed by atoms with Gasteiger partial charge in [0.05, 0.1) is 22.0 Å². The molecular formula is C9H12BrN3S. The van der Waals surface area contributed by atoms with Crippen molar-refractivity contribution in [2.45, 2.75) is 12.5 Å². The summed E-state index contributed by atoms with van der Waals surface area (Å²) in [6.07, 6.45) is 4.65. The topological polar surface area (TPSA) is 50.9 Å². The highest BCUT2D eigenvalue weighted by molar-refractivity contribution is 9.10. The van der Waals surface area contributed by atoms with Crippen LogP contribution in [0.4, 0.5) is 11.4 Å². The van der Waals surface area contributed by atoms with E-state index in [9.17, 15) is 0 Å². The summed E-state index contributed by atoms with van der Waals surface area (Å²) in [7, 11) is 0. The molecule has 14 heavy (non-hydrogen) atoms. The van der Waals surface area contributed by atoms with Crippen LogP contribution in [-0.2, 0) is 0 Å². The molecule has 2 rings (SSSR count). The zero-order valence-corrected chi connectivity index (χ0v) is 10.1. The molecule has 3 nitrogen and oxygen atoms in total. The summed E-state index contributed by atoms with van der Waals surface area (Å²) in [5.74, 6) is 2.40. The van der Waals surface area contributed by atoms with Crippen LogP contribution in [0.15, 0.2) is 16.9 Å². The number of nitrogen functional groups attached to an aromatic ring is 1. The van der Waals surface area contributed by atoms with Gasteiger partial charge in [-0.05, 0) is 28.1 Å². The van der Waals surface area contributed by atoms with Crippen molar-refractivity contribution < 1.29 is 0 Å². The summed E-state index contributed by atoms with van der Waals surface area (Å²) in [5, 5.41) is 3.44. The van der Waals surface area contributed by atoms with Crippen molar-refractivity contribution in [3.63, 3.8) is 0 Å². The SMILES string of the molecule is Nc1cncc(Br)c1NC1CCSC1. The molecule has 0 bridgehead atoms. The molecule has 0 aliphatic carbocycles. The number of nitrogens with two attached hydrogens (primary N) is 1. The summed E-state index contributed by atoms with van der Waals surface area (Å²) < 4.78 is 0.939. The first-order valence-corrected chi connectivity index (χ1v) is 6.45. The number of nitrogens with one attached hydrogen (secondary N) is 1. The molecule has 1 atom stereocenters. The highest BCUT2D eigenvalue weighted by Gasteiger charge is 2.17. The van der Waals surface area contributed by atoms with Crippen LogP contribution < -0.4 is 11.1 Å². The van der Waals surface area contributed by atoms with Crippen molar-refractivity contribution in [2.24, 2.45) is 0 Å². The van der Waals surface area contributed by atoms with Crippen molar-refractivity contribution >= 4 is 39.1 Å². The number of thioether (sulfide) groups is 1. The molecule has 1 aliphatic heterocycles. The van der Waals surface area contributed by atoms with E-state index in [1.54, 1.807) is 12.4 Å². The maximum atomic E-state index is 5.84. The van der Waals surface area contributed by atoms with Gasteiger partial charge >= 0.3 is 0 Å². The highest BCUT2D eigenvalue weighted by Crippen LogP contribution is 2.30. The monoisotopic (exact) mass is 273 g/mol. The molecule has 3 N–H and O–H groups in total. The molecule has 0 radical (unpaired) electrons. The first kappa shape index (κ1) is 10.1. The second kappa shape index (κ2) is 4.40. The van der Waals surface area contributed by atoms with Gasteiger partial charge in [0, 0.05) is 18.0 Å². The van der Waals surface area contributed by atoms with Gasteiger partial charge in [0.25, 0.3) is 0 Å². The van der Waals surface area contributed by atoms with E-state index in [1.165, 1.54) is 12.2 Å². The minimum absolute atomic E-state index is 0.543. The van der Waals surface area contributed by atoms with E-state index < -0.39 is 0 Å². The molecule has 1 aromatic heterocycles. The van der Waals surface area contributed by atoms with Gasteiger partial charge in [-0.1, -0.05) is 0 Å². The molecule has 1 aliphatic rings. The van der Waals surface area contributed by atoms with Crippen LogP contribution >= 0.6 is 27.7 Å². The molecule has 0 aromatic carbocycles. The second-order valence-corrected chi connectivity index (χ2v) is 5.29. The number of rotatable bonds is 2. The molecule has 1 saturated heterocycles. The lowest BCUT2D eigenvalue weighted by Crippen LogP contribution is -2.19. The Bertz CT molecular complexity index is 306. The smallest absolute Gasteiger partial charge is 0.0752 e. The third-order valence-corrected chi connectivity index (χ3v) is 3.97. The summed E-state index contributed by atoms with van der Waals surface area (Å²) in [6, 6.07) is 0.543. The molecule has 1 unspecified atom stereocenters. The lowest BCUT2D eigenvalue weighted by molar-refractivity contribution is 0.812. The van der Waals surface area contributed by atoms with Crippen LogP contribution in [0.2, 0.25) is 0 Å². The number of pyridine rings is 1. The lowest BCUT2D eigenvalue weighted by Gasteiger charge is -2.15. The summed E-state index contributed by atoms with van der Waals surface area (Å²) in [6.45, 7) is 0. The van der Waals surface area contributed by atoms with Crippen LogP contribution in [0.5, 0.6) is 0 Å². The molecule has 1 aromatic rings.